The Balaban J connectivity index is 2.12. The van der Waals surface area contributed by atoms with E-state index >= 15 is 0 Å². The van der Waals surface area contributed by atoms with Gasteiger partial charge in [-0.2, -0.15) is 0 Å². The van der Waals surface area contributed by atoms with Crippen LogP contribution in [0.5, 0.6) is 11.5 Å². The van der Waals surface area contributed by atoms with Crippen molar-refractivity contribution in [2.75, 3.05) is 5.73 Å². The molecule has 3 aromatic rings. The highest BCUT2D eigenvalue weighted by Crippen LogP contribution is 2.34. The fourth-order valence-electron chi connectivity index (χ4n) is 1.85. The molecule has 3 N–H and O–H groups in total. The van der Waals surface area contributed by atoms with Gasteiger partial charge in [-0.05, 0) is 6.07 Å². The molecule has 0 radical (unpaired) electrons. The standard InChI is InChI=1S/C13H8ClF2N3O/c14-11-5-10(7-1-2-18-13(7)19-11)20-12-8(15)3-6(17)4-9(12)16/h1-5H,17H2,(H,18,19). The Morgan fingerprint density at radius 1 is 1.20 bits per heavy atom. The van der Waals surface area contributed by atoms with E-state index in [0.29, 0.717) is 11.0 Å². The monoisotopic (exact) mass is 295 g/mol. The average molecular weight is 296 g/mol. The molecule has 0 bridgehead atoms. The van der Waals surface area contributed by atoms with Crippen LogP contribution in [0.15, 0.2) is 30.5 Å². The van der Waals surface area contributed by atoms with Crippen LogP contribution in [0.1, 0.15) is 0 Å². The van der Waals surface area contributed by atoms with Gasteiger partial charge in [-0.3, -0.25) is 0 Å². The first kappa shape index (κ1) is 12.7. The molecule has 102 valence electrons. The lowest BCUT2D eigenvalue weighted by Crippen LogP contribution is -1.96. The van der Waals surface area contributed by atoms with Gasteiger partial charge < -0.3 is 15.5 Å². The quantitative estimate of drug-likeness (QED) is 0.557. The summed E-state index contributed by atoms with van der Waals surface area (Å²) in [7, 11) is 0. The minimum Gasteiger partial charge on any atom is -0.450 e. The molecule has 0 amide bonds. The third-order valence-electron chi connectivity index (χ3n) is 2.69. The number of rotatable bonds is 2. The Hall–Kier alpha value is -2.34. The molecule has 0 unspecified atom stereocenters. The van der Waals surface area contributed by atoms with Crippen molar-refractivity contribution in [2.24, 2.45) is 0 Å². The number of halogens is 3. The molecule has 2 aromatic heterocycles. The fraction of sp³-hybridized carbons (Fsp3) is 0. The molecule has 20 heavy (non-hydrogen) atoms. The van der Waals surface area contributed by atoms with Crippen molar-refractivity contribution in [2.45, 2.75) is 0 Å². The SMILES string of the molecule is Nc1cc(F)c(Oc2cc(Cl)nc3[nH]ccc23)c(F)c1. The number of aromatic nitrogens is 2. The first-order valence-electron chi connectivity index (χ1n) is 5.60. The van der Waals surface area contributed by atoms with Gasteiger partial charge in [-0.1, -0.05) is 11.6 Å². The molecule has 0 aliphatic rings. The van der Waals surface area contributed by atoms with Crippen LogP contribution >= 0.6 is 11.6 Å². The van der Waals surface area contributed by atoms with Crippen molar-refractivity contribution in [3.8, 4) is 11.5 Å². The third-order valence-corrected chi connectivity index (χ3v) is 2.89. The lowest BCUT2D eigenvalue weighted by Gasteiger charge is -2.09. The summed E-state index contributed by atoms with van der Waals surface area (Å²) in [5.41, 5.74) is 5.79. The van der Waals surface area contributed by atoms with Crippen LogP contribution in [-0.2, 0) is 0 Å². The van der Waals surface area contributed by atoms with Gasteiger partial charge in [0, 0.05) is 30.1 Å². The second-order valence-corrected chi connectivity index (χ2v) is 4.49. The number of ether oxygens (including phenoxy) is 1. The van der Waals surface area contributed by atoms with Gasteiger partial charge in [0.1, 0.15) is 16.5 Å². The molecule has 2 heterocycles. The van der Waals surface area contributed by atoms with Gasteiger partial charge in [0.15, 0.2) is 17.4 Å². The number of nitrogens with two attached hydrogens (primary N) is 1. The molecule has 0 spiro atoms. The molecular weight excluding hydrogens is 288 g/mol. The Bertz CT molecular complexity index is 780. The van der Waals surface area contributed by atoms with E-state index in [1.54, 1.807) is 12.3 Å². The highest BCUT2D eigenvalue weighted by Gasteiger charge is 2.15. The van der Waals surface area contributed by atoms with E-state index in [1.165, 1.54) is 6.07 Å². The highest BCUT2D eigenvalue weighted by atomic mass is 35.5. The van der Waals surface area contributed by atoms with Crippen LogP contribution in [0.25, 0.3) is 11.0 Å². The number of hydrogen-bond acceptors (Lipinski definition) is 3. The highest BCUT2D eigenvalue weighted by molar-refractivity contribution is 6.30. The number of nitrogens with zero attached hydrogens (tertiary/aromatic N) is 1. The van der Waals surface area contributed by atoms with Crippen molar-refractivity contribution in [3.05, 3.63) is 47.2 Å². The number of fused-ring (bicyclic) bond motifs is 1. The van der Waals surface area contributed by atoms with Crippen molar-refractivity contribution < 1.29 is 13.5 Å². The molecule has 3 rings (SSSR count). The Morgan fingerprint density at radius 3 is 2.60 bits per heavy atom. The van der Waals surface area contributed by atoms with E-state index in [4.69, 9.17) is 22.1 Å². The van der Waals surface area contributed by atoms with Crippen LogP contribution in [0, 0.1) is 11.6 Å². The molecule has 0 saturated heterocycles. The van der Waals surface area contributed by atoms with E-state index in [2.05, 4.69) is 9.97 Å². The molecule has 0 fully saturated rings. The van der Waals surface area contributed by atoms with Gasteiger partial charge in [0.25, 0.3) is 0 Å². The smallest absolute Gasteiger partial charge is 0.198 e. The predicted molar refractivity (Wildman–Crippen MR) is 71.9 cm³/mol. The fourth-order valence-corrected chi connectivity index (χ4v) is 2.03. The molecule has 0 aliphatic heterocycles. The van der Waals surface area contributed by atoms with E-state index < -0.39 is 17.4 Å². The molecule has 0 aliphatic carbocycles. The number of benzene rings is 1. The molecule has 0 atom stereocenters. The van der Waals surface area contributed by atoms with Gasteiger partial charge in [0.2, 0.25) is 0 Å². The maximum atomic E-state index is 13.7. The summed E-state index contributed by atoms with van der Waals surface area (Å²) in [5, 5.41) is 0.705. The van der Waals surface area contributed by atoms with Gasteiger partial charge in [-0.25, -0.2) is 13.8 Å². The van der Waals surface area contributed by atoms with Crippen molar-refractivity contribution in [3.63, 3.8) is 0 Å². The largest absolute Gasteiger partial charge is 0.450 e. The van der Waals surface area contributed by atoms with E-state index in [1.807, 2.05) is 0 Å². The lowest BCUT2D eigenvalue weighted by atomic mass is 10.2. The minimum atomic E-state index is -0.890. The van der Waals surface area contributed by atoms with Crippen LogP contribution in [-0.4, -0.2) is 9.97 Å². The van der Waals surface area contributed by atoms with E-state index in [9.17, 15) is 8.78 Å². The van der Waals surface area contributed by atoms with E-state index in [-0.39, 0.29) is 16.6 Å². The molecule has 1 aromatic carbocycles. The summed E-state index contributed by atoms with van der Waals surface area (Å²) in [6.07, 6.45) is 1.62. The summed E-state index contributed by atoms with van der Waals surface area (Å²) in [6.45, 7) is 0. The number of H-pyrrole nitrogens is 1. The Kier molecular flexibility index (Phi) is 2.94. The second-order valence-electron chi connectivity index (χ2n) is 4.10. The van der Waals surface area contributed by atoms with Crippen LogP contribution < -0.4 is 10.5 Å². The van der Waals surface area contributed by atoms with Crippen LogP contribution in [0.3, 0.4) is 0 Å². The maximum absolute atomic E-state index is 13.7. The van der Waals surface area contributed by atoms with Crippen molar-refractivity contribution in [1.29, 1.82) is 0 Å². The Labute approximate surface area is 117 Å². The first-order valence-corrected chi connectivity index (χ1v) is 5.98. The second kappa shape index (κ2) is 4.64. The van der Waals surface area contributed by atoms with Gasteiger partial charge in [0.05, 0.1) is 5.39 Å². The molecular formula is C13H8ClF2N3O. The number of pyridine rings is 1. The van der Waals surface area contributed by atoms with Crippen molar-refractivity contribution in [1.82, 2.24) is 9.97 Å². The van der Waals surface area contributed by atoms with Gasteiger partial charge >= 0.3 is 0 Å². The summed E-state index contributed by atoms with van der Waals surface area (Å²) >= 11 is 5.83. The summed E-state index contributed by atoms with van der Waals surface area (Å²) in [6, 6.07) is 5.01. The molecule has 4 nitrogen and oxygen atoms in total. The van der Waals surface area contributed by atoms with Crippen LogP contribution in [0.2, 0.25) is 5.15 Å². The summed E-state index contributed by atoms with van der Waals surface area (Å²) < 4.78 is 32.7. The first-order chi connectivity index (χ1) is 9.54. The van der Waals surface area contributed by atoms with Crippen molar-refractivity contribution >= 4 is 28.3 Å². The summed E-state index contributed by atoms with van der Waals surface area (Å²) in [4.78, 5) is 6.86. The Morgan fingerprint density at radius 2 is 1.90 bits per heavy atom. The zero-order valence-corrected chi connectivity index (χ0v) is 10.7. The van der Waals surface area contributed by atoms with Gasteiger partial charge in [-0.15, -0.1) is 0 Å². The normalized spacial score (nSPS) is 10.9. The topological polar surface area (TPSA) is 63.9 Å². The summed E-state index contributed by atoms with van der Waals surface area (Å²) in [5.74, 6) is -2.12. The third kappa shape index (κ3) is 2.14. The predicted octanol–water partition coefficient (Wildman–Crippen LogP) is 3.87. The number of anilines is 1. The van der Waals surface area contributed by atoms with E-state index in [0.717, 1.165) is 12.1 Å². The number of aromatic amines is 1. The minimum absolute atomic E-state index is 0.0214. The average Bonchev–Trinajstić information content (AvgIpc) is 2.81. The van der Waals surface area contributed by atoms with Crippen LogP contribution in [0.4, 0.5) is 14.5 Å². The number of nitrogen functional groups attached to an aromatic ring is 1. The zero-order valence-electron chi connectivity index (χ0n) is 9.95. The maximum Gasteiger partial charge on any atom is 0.198 e. The number of nitrogens with one attached hydrogen (secondary N) is 1. The molecule has 7 heteroatoms. The number of hydrogen-bond donors (Lipinski definition) is 2. The zero-order chi connectivity index (χ0) is 14.3. The lowest BCUT2D eigenvalue weighted by molar-refractivity contribution is 0.411. The molecule has 0 saturated carbocycles.